The van der Waals surface area contributed by atoms with Crippen molar-refractivity contribution in [2.24, 2.45) is 0 Å². The van der Waals surface area contributed by atoms with Crippen molar-refractivity contribution in [1.82, 2.24) is 10.3 Å². The van der Waals surface area contributed by atoms with Crippen LogP contribution in [0.15, 0.2) is 36.4 Å². The van der Waals surface area contributed by atoms with Crippen LogP contribution in [0, 0.1) is 11.3 Å². The summed E-state index contributed by atoms with van der Waals surface area (Å²) in [5.74, 6) is -0.288. The molecule has 1 aromatic heterocycles. The summed E-state index contributed by atoms with van der Waals surface area (Å²) in [6, 6.07) is 10.8. The van der Waals surface area contributed by atoms with Crippen LogP contribution >= 0.6 is 0 Å². The summed E-state index contributed by atoms with van der Waals surface area (Å²) in [7, 11) is 0. The van der Waals surface area contributed by atoms with E-state index < -0.39 is 12.8 Å². The van der Waals surface area contributed by atoms with Crippen LogP contribution in [-0.4, -0.2) is 23.7 Å². The molecule has 1 heterocycles. The number of amides is 1. The molecular formula is C15H12F3N3O2. The van der Waals surface area contributed by atoms with E-state index in [0.29, 0.717) is 5.56 Å². The number of rotatable bonds is 5. The van der Waals surface area contributed by atoms with Gasteiger partial charge in [0.25, 0.3) is 5.91 Å². The zero-order valence-electron chi connectivity index (χ0n) is 11.8. The lowest BCUT2D eigenvalue weighted by Crippen LogP contribution is -2.23. The smallest absolute Gasteiger partial charge is 0.422 e. The van der Waals surface area contributed by atoms with Crippen LogP contribution in [0.4, 0.5) is 13.2 Å². The number of alkyl halides is 3. The first-order valence-corrected chi connectivity index (χ1v) is 6.53. The molecule has 8 heteroatoms. The van der Waals surface area contributed by atoms with Gasteiger partial charge in [-0.3, -0.25) is 4.79 Å². The topological polar surface area (TPSA) is 77.9 Å². The number of hydrogen-bond donors (Lipinski definition) is 2. The number of hydrogen-bond acceptors (Lipinski definition) is 3. The van der Waals surface area contributed by atoms with E-state index in [4.69, 9.17) is 5.26 Å². The van der Waals surface area contributed by atoms with Gasteiger partial charge in [-0.2, -0.15) is 18.4 Å². The normalized spacial score (nSPS) is 10.9. The van der Waals surface area contributed by atoms with E-state index in [1.54, 1.807) is 12.1 Å². The summed E-state index contributed by atoms with van der Waals surface area (Å²) in [6.07, 6.45) is -4.38. The molecule has 0 unspecified atom stereocenters. The summed E-state index contributed by atoms with van der Waals surface area (Å²) in [4.78, 5) is 14.5. The van der Waals surface area contributed by atoms with E-state index in [1.165, 1.54) is 24.3 Å². The van der Waals surface area contributed by atoms with Crippen molar-refractivity contribution in [2.45, 2.75) is 12.7 Å². The number of nitrogens with zero attached hydrogens (tertiary/aromatic N) is 1. The van der Waals surface area contributed by atoms with Crippen LogP contribution in [0.25, 0.3) is 0 Å². The lowest BCUT2D eigenvalue weighted by atomic mass is 10.2. The minimum absolute atomic E-state index is 0.0976. The maximum Gasteiger partial charge on any atom is 0.422 e. The number of H-pyrrole nitrogens is 1. The highest BCUT2D eigenvalue weighted by Crippen LogP contribution is 2.18. The fourth-order valence-electron chi connectivity index (χ4n) is 1.74. The average molecular weight is 323 g/mol. The Morgan fingerprint density at radius 1 is 1.22 bits per heavy atom. The van der Waals surface area contributed by atoms with Crippen LogP contribution in [0.2, 0.25) is 0 Å². The van der Waals surface area contributed by atoms with Crippen molar-refractivity contribution < 1.29 is 22.7 Å². The Hall–Kier alpha value is -2.95. The van der Waals surface area contributed by atoms with Gasteiger partial charge in [0.15, 0.2) is 6.61 Å². The second kappa shape index (κ2) is 6.87. The maximum absolute atomic E-state index is 12.0. The zero-order valence-corrected chi connectivity index (χ0v) is 11.8. The van der Waals surface area contributed by atoms with Gasteiger partial charge in [0.1, 0.15) is 23.2 Å². The molecule has 0 aliphatic rings. The molecular weight excluding hydrogens is 311 g/mol. The Kier molecular flexibility index (Phi) is 4.91. The number of nitriles is 1. The van der Waals surface area contributed by atoms with Crippen LogP contribution in [0.3, 0.4) is 0 Å². The number of aromatic nitrogens is 1. The zero-order chi connectivity index (χ0) is 16.9. The summed E-state index contributed by atoms with van der Waals surface area (Å²) < 4.78 is 40.7. The lowest BCUT2D eigenvalue weighted by molar-refractivity contribution is -0.153. The standard InChI is InChI=1S/C15H12F3N3O2/c16-15(17,18)9-23-12-4-1-10(2-5-12)8-20-14(22)13-6-3-11(7-19)21-13/h1-6,21H,8-9H2,(H,20,22). The predicted octanol–water partition coefficient (Wildman–Crippen LogP) is 2.76. The number of carbonyl (C=O) groups excluding carboxylic acids is 1. The van der Waals surface area contributed by atoms with Gasteiger partial charge >= 0.3 is 6.18 Å². The van der Waals surface area contributed by atoms with Crippen molar-refractivity contribution in [1.29, 1.82) is 5.26 Å². The van der Waals surface area contributed by atoms with Gasteiger partial charge in [-0.1, -0.05) is 12.1 Å². The Morgan fingerprint density at radius 2 is 1.91 bits per heavy atom. The quantitative estimate of drug-likeness (QED) is 0.888. The number of carbonyl (C=O) groups is 1. The third kappa shape index (κ3) is 5.07. The molecule has 1 aromatic carbocycles. The first-order chi connectivity index (χ1) is 10.9. The van der Waals surface area contributed by atoms with Gasteiger partial charge in [-0.15, -0.1) is 0 Å². The van der Waals surface area contributed by atoms with Gasteiger partial charge in [0, 0.05) is 6.54 Å². The minimum atomic E-state index is -4.38. The number of aromatic amines is 1. The highest BCUT2D eigenvalue weighted by atomic mass is 19.4. The highest BCUT2D eigenvalue weighted by molar-refractivity contribution is 5.92. The fourth-order valence-corrected chi connectivity index (χ4v) is 1.74. The number of halogens is 3. The predicted molar refractivity (Wildman–Crippen MR) is 74.7 cm³/mol. The minimum Gasteiger partial charge on any atom is -0.484 e. The molecule has 0 saturated heterocycles. The Labute approximate surface area is 129 Å². The largest absolute Gasteiger partial charge is 0.484 e. The van der Waals surface area contributed by atoms with Gasteiger partial charge in [0.05, 0.1) is 0 Å². The van der Waals surface area contributed by atoms with Crippen LogP contribution in [-0.2, 0) is 6.54 Å². The molecule has 2 N–H and O–H groups in total. The molecule has 5 nitrogen and oxygen atoms in total. The summed E-state index contributed by atoms with van der Waals surface area (Å²) in [5, 5.41) is 11.3. The molecule has 0 spiro atoms. The number of nitrogens with one attached hydrogen (secondary N) is 2. The summed E-state index contributed by atoms with van der Waals surface area (Å²) >= 11 is 0. The first-order valence-electron chi connectivity index (χ1n) is 6.53. The van der Waals surface area contributed by atoms with Crippen LogP contribution < -0.4 is 10.1 Å². The van der Waals surface area contributed by atoms with Crippen molar-refractivity contribution >= 4 is 5.91 Å². The lowest BCUT2D eigenvalue weighted by Gasteiger charge is -2.10. The highest BCUT2D eigenvalue weighted by Gasteiger charge is 2.28. The molecule has 0 aliphatic carbocycles. The number of ether oxygens (including phenoxy) is 1. The second-order valence-electron chi connectivity index (χ2n) is 4.63. The van der Waals surface area contributed by atoms with E-state index in [1.807, 2.05) is 6.07 Å². The summed E-state index contributed by atoms with van der Waals surface area (Å²) in [6.45, 7) is -1.16. The number of benzene rings is 1. The van der Waals surface area contributed by atoms with E-state index in [9.17, 15) is 18.0 Å². The molecule has 2 aromatic rings. The SMILES string of the molecule is N#Cc1ccc(C(=O)NCc2ccc(OCC(F)(F)F)cc2)[nH]1. The van der Waals surface area contributed by atoms with Gasteiger partial charge in [-0.05, 0) is 29.8 Å². The van der Waals surface area contributed by atoms with Crippen LogP contribution in [0.1, 0.15) is 21.7 Å². The van der Waals surface area contributed by atoms with Gasteiger partial charge in [-0.25, -0.2) is 0 Å². The molecule has 23 heavy (non-hydrogen) atoms. The van der Waals surface area contributed by atoms with Crippen molar-refractivity contribution in [3.63, 3.8) is 0 Å². The molecule has 0 saturated carbocycles. The van der Waals surface area contributed by atoms with E-state index in [-0.39, 0.29) is 29.6 Å². The molecule has 0 fully saturated rings. The second-order valence-corrected chi connectivity index (χ2v) is 4.63. The monoisotopic (exact) mass is 323 g/mol. The third-order valence-electron chi connectivity index (χ3n) is 2.83. The molecule has 120 valence electrons. The molecule has 0 radical (unpaired) electrons. The molecule has 0 aliphatic heterocycles. The third-order valence-corrected chi connectivity index (χ3v) is 2.83. The van der Waals surface area contributed by atoms with Gasteiger partial charge < -0.3 is 15.0 Å². The molecule has 0 atom stereocenters. The van der Waals surface area contributed by atoms with Gasteiger partial charge in [0.2, 0.25) is 0 Å². The Morgan fingerprint density at radius 3 is 2.48 bits per heavy atom. The Bertz CT molecular complexity index is 715. The average Bonchev–Trinajstić information content (AvgIpc) is 3.00. The van der Waals surface area contributed by atoms with Crippen molar-refractivity contribution in [3.05, 3.63) is 53.3 Å². The van der Waals surface area contributed by atoms with E-state index in [0.717, 1.165) is 0 Å². The first kappa shape index (κ1) is 16.4. The molecule has 2 rings (SSSR count). The van der Waals surface area contributed by atoms with Crippen LogP contribution in [0.5, 0.6) is 5.75 Å². The molecule has 0 bridgehead atoms. The van der Waals surface area contributed by atoms with Crippen molar-refractivity contribution in [2.75, 3.05) is 6.61 Å². The summed E-state index contributed by atoms with van der Waals surface area (Å²) in [5.41, 5.74) is 1.23. The fraction of sp³-hybridized carbons (Fsp3) is 0.200. The van der Waals surface area contributed by atoms with E-state index in [2.05, 4.69) is 15.0 Å². The Balaban J connectivity index is 1.86. The maximum atomic E-state index is 12.0. The van der Waals surface area contributed by atoms with Crippen molar-refractivity contribution in [3.8, 4) is 11.8 Å². The van der Waals surface area contributed by atoms with E-state index >= 15 is 0 Å². The molecule has 1 amide bonds.